The van der Waals surface area contributed by atoms with E-state index in [1.807, 2.05) is 0 Å². The van der Waals surface area contributed by atoms with Gasteiger partial charge in [0.1, 0.15) is 17.0 Å². The third-order valence-electron chi connectivity index (χ3n) is 17.6. The Labute approximate surface area is 502 Å². The molecule has 6 heteroatoms. The van der Waals surface area contributed by atoms with E-state index < -0.39 is 0 Å². The summed E-state index contributed by atoms with van der Waals surface area (Å²) in [5.41, 5.74) is 21.2. The summed E-state index contributed by atoms with van der Waals surface area (Å²) < 4.78 is 11.6. The summed E-state index contributed by atoms with van der Waals surface area (Å²) >= 11 is 0. The van der Waals surface area contributed by atoms with Crippen LogP contribution in [0.2, 0.25) is 0 Å². The summed E-state index contributed by atoms with van der Waals surface area (Å²) in [5, 5.41) is 6.69. The van der Waals surface area contributed by atoms with Crippen molar-refractivity contribution in [3.8, 4) is 78.7 Å². The molecule has 0 fully saturated rings. The molecule has 0 spiro atoms. The molecule has 0 bridgehead atoms. The molecule has 1 atom stereocenters. The lowest BCUT2D eigenvalue weighted by Crippen LogP contribution is -2.12. The van der Waals surface area contributed by atoms with Gasteiger partial charge in [-0.15, -0.1) is 0 Å². The number of furan rings is 1. The van der Waals surface area contributed by atoms with Gasteiger partial charge < -0.3 is 13.6 Å². The molecule has 12 aromatic carbocycles. The van der Waals surface area contributed by atoms with E-state index in [-0.39, 0.29) is 5.92 Å². The minimum absolute atomic E-state index is 0.165. The van der Waals surface area contributed by atoms with Gasteiger partial charge in [-0.25, -0.2) is 15.0 Å². The van der Waals surface area contributed by atoms with Crippen LogP contribution >= 0.6 is 0 Å². The third kappa shape index (κ3) is 8.36. The molecule has 1 aliphatic carbocycles. The van der Waals surface area contributed by atoms with E-state index >= 15 is 0 Å². The van der Waals surface area contributed by atoms with Crippen molar-refractivity contribution in [3.05, 3.63) is 315 Å². The Morgan fingerprint density at radius 2 is 0.839 bits per heavy atom. The summed E-state index contributed by atoms with van der Waals surface area (Å²) in [5.74, 6) is 1.69. The number of hydrogen-bond acceptors (Lipinski definition) is 4. The van der Waals surface area contributed by atoms with E-state index in [1.165, 1.54) is 27.5 Å². The van der Waals surface area contributed by atoms with Crippen molar-refractivity contribution < 1.29 is 4.42 Å². The fraction of sp³-hybridized carbons (Fsp3) is 0.0247. The Morgan fingerprint density at radius 3 is 1.52 bits per heavy atom. The van der Waals surface area contributed by atoms with Crippen LogP contribution in [0, 0.1) is 0 Å². The second-order valence-electron chi connectivity index (χ2n) is 22.5. The zero-order valence-corrected chi connectivity index (χ0v) is 47.3. The number of hydrogen-bond donors (Lipinski definition) is 0. The van der Waals surface area contributed by atoms with Crippen LogP contribution in [0.5, 0.6) is 0 Å². The summed E-state index contributed by atoms with van der Waals surface area (Å²) in [6, 6.07) is 102. The minimum Gasteiger partial charge on any atom is -0.456 e. The summed E-state index contributed by atoms with van der Waals surface area (Å²) in [6.07, 6.45) is 7.34. The Morgan fingerprint density at radius 1 is 0.333 bits per heavy atom. The van der Waals surface area contributed by atoms with E-state index in [0.717, 1.165) is 123 Å². The molecule has 0 saturated carbocycles. The predicted molar refractivity (Wildman–Crippen MR) is 359 cm³/mol. The molecule has 0 saturated heterocycles. The fourth-order valence-electron chi connectivity index (χ4n) is 13.7. The van der Waals surface area contributed by atoms with Gasteiger partial charge in [0, 0.05) is 55.0 Å². The summed E-state index contributed by atoms with van der Waals surface area (Å²) in [7, 11) is 0. The molecule has 0 aliphatic heterocycles. The standard InChI is InChI=1S/C81H53N5O/c1-6-24-52(25-7-1)56-46-48-65-71(50-56)85(58-32-14-5-15-33-58)69-42-20-38-62(76(65)69)61-39-21-43-70-75(61)64-36-18-19-41-68(64)86(70)72-51-57(53-26-8-2-9-27-53)47-49-66(72)80-82-79(63-35-17-16-34-59(63)54-28-10-3-11-29-54)83-81(84-80)67-40-23-45-74-78(67)77-60(37-22-44-73(77)87-74)55-30-12-4-13-31-55/h1-34,36-51,63H,35H2. The molecule has 0 N–H and O–H groups in total. The van der Waals surface area contributed by atoms with E-state index in [2.05, 4.69) is 312 Å². The maximum absolute atomic E-state index is 6.75. The van der Waals surface area contributed by atoms with E-state index in [9.17, 15) is 0 Å². The minimum atomic E-state index is -0.165. The van der Waals surface area contributed by atoms with Crippen LogP contribution in [0.3, 0.4) is 0 Å². The zero-order chi connectivity index (χ0) is 57.4. The molecule has 1 aliphatic rings. The molecular formula is C81H53N5O. The molecule has 408 valence electrons. The van der Waals surface area contributed by atoms with E-state index in [4.69, 9.17) is 19.4 Å². The molecule has 17 rings (SSSR count). The number of fused-ring (bicyclic) bond motifs is 9. The monoisotopic (exact) mass is 1110 g/mol. The van der Waals surface area contributed by atoms with Crippen molar-refractivity contribution >= 4 is 71.1 Å². The molecule has 16 aromatic rings. The highest BCUT2D eigenvalue weighted by Gasteiger charge is 2.29. The van der Waals surface area contributed by atoms with Crippen molar-refractivity contribution in [2.45, 2.75) is 12.3 Å². The maximum atomic E-state index is 6.75. The van der Waals surface area contributed by atoms with Crippen molar-refractivity contribution in [1.82, 2.24) is 24.1 Å². The van der Waals surface area contributed by atoms with Gasteiger partial charge in [-0.1, -0.05) is 243 Å². The van der Waals surface area contributed by atoms with Crippen LogP contribution < -0.4 is 0 Å². The molecule has 4 aromatic heterocycles. The van der Waals surface area contributed by atoms with E-state index in [0.29, 0.717) is 17.5 Å². The van der Waals surface area contributed by atoms with Gasteiger partial charge in [0.15, 0.2) is 11.6 Å². The topological polar surface area (TPSA) is 61.7 Å². The van der Waals surface area contributed by atoms with Gasteiger partial charge in [-0.3, -0.25) is 0 Å². The SMILES string of the molecule is C1=CCC(c2nc(-c3ccc(-c4ccccc4)cc3-n3c4ccccc4c4c(-c5cccc6c5c5ccc(-c7ccccc7)cc5n6-c5ccccc5)cccc43)nc(-c3cccc4oc5cccc(-c6ccccc6)c5c34)n2)C(c2ccccc2)=C1. The number of allylic oxidation sites excluding steroid dienone is 4. The predicted octanol–water partition coefficient (Wildman–Crippen LogP) is 21.1. The number of nitrogens with zero attached hydrogens (tertiary/aromatic N) is 5. The first-order valence-corrected chi connectivity index (χ1v) is 29.8. The normalized spacial score (nSPS) is 13.4. The average Bonchev–Trinajstić information content (AvgIpc) is 1.79. The Balaban J connectivity index is 0.931. The van der Waals surface area contributed by atoms with Crippen LogP contribution in [0.4, 0.5) is 0 Å². The highest BCUT2D eigenvalue weighted by Crippen LogP contribution is 2.48. The van der Waals surface area contributed by atoms with Crippen molar-refractivity contribution in [2.75, 3.05) is 0 Å². The second kappa shape index (κ2) is 20.7. The zero-order valence-electron chi connectivity index (χ0n) is 47.3. The first-order chi connectivity index (χ1) is 43.2. The molecular weight excluding hydrogens is 1060 g/mol. The van der Waals surface area contributed by atoms with Crippen LogP contribution in [0.1, 0.15) is 23.7 Å². The second-order valence-corrected chi connectivity index (χ2v) is 22.5. The lowest BCUT2D eigenvalue weighted by molar-refractivity contribution is 0.669. The van der Waals surface area contributed by atoms with Crippen molar-refractivity contribution in [2.24, 2.45) is 0 Å². The van der Waals surface area contributed by atoms with E-state index in [1.54, 1.807) is 0 Å². The molecule has 6 nitrogen and oxygen atoms in total. The summed E-state index contributed by atoms with van der Waals surface area (Å²) in [6.45, 7) is 0. The van der Waals surface area contributed by atoms with Crippen molar-refractivity contribution in [1.29, 1.82) is 0 Å². The highest BCUT2D eigenvalue weighted by atomic mass is 16.3. The number of benzene rings is 12. The van der Waals surface area contributed by atoms with Gasteiger partial charge in [-0.2, -0.15) is 0 Å². The quantitative estimate of drug-likeness (QED) is 0.137. The Kier molecular flexibility index (Phi) is 11.9. The maximum Gasteiger partial charge on any atom is 0.165 e. The average molecular weight is 1110 g/mol. The van der Waals surface area contributed by atoms with Gasteiger partial charge >= 0.3 is 0 Å². The smallest absolute Gasteiger partial charge is 0.165 e. The first kappa shape index (κ1) is 50.1. The van der Waals surface area contributed by atoms with Crippen molar-refractivity contribution in [3.63, 3.8) is 0 Å². The van der Waals surface area contributed by atoms with Gasteiger partial charge in [-0.05, 0) is 123 Å². The number of para-hydroxylation sites is 2. The lowest BCUT2D eigenvalue weighted by Gasteiger charge is -2.22. The third-order valence-corrected chi connectivity index (χ3v) is 17.6. The van der Waals surface area contributed by atoms with Crippen LogP contribution in [-0.4, -0.2) is 24.1 Å². The Hall–Kier alpha value is -11.5. The summed E-state index contributed by atoms with van der Waals surface area (Å²) in [4.78, 5) is 17.0. The first-order valence-electron chi connectivity index (χ1n) is 29.8. The Bertz CT molecular complexity index is 5410. The highest BCUT2D eigenvalue weighted by molar-refractivity contribution is 6.23. The van der Waals surface area contributed by atoms with Crippen LogP contribution in [0.25, 0.3) is 150 Å². The van der Waals surface area contributed by atoms with Gasteiger partial charge in [0.05, 0.1) is 27.8 Å². The molecule has 0 radical (unpaired) electrons. The van der Waals surface area contributed by atoms with Gasteiger partial charge in [0.25, 0.3) is 0 Å². The lowest BCUT2D eigenvalue weighted by atomic mass is 9.86. The fourth-order valence-corrected chi connectivity index (χ4v) is 13.7. The molecule has 87 heavy (non-hydrogen) atoms. The van der Waals surface area contributed by atoms with Crippen LogP contribution in [0.15, 0.2) is 308 Å². The number of rotatable bonds is 10. The van der Waals surface area contributed by atoms with Gasteiger partial charge in [0.2, 0.25) is 0 Å². The van der Waals surface area contributed by atoms with Crippen LogP contribution in [-0.2, 0) is 0 Å². The molecule has 1 unspecified atom stereocenters. The molecule has 0 amide bonds. The largest absolute Gasteiger partial charge is 0.456 e. The molecule has 4 heterocycles. The number of aromatic nitrogens is 5.